The molecule has 24 heavy (non-hydrogen) atoms. The Hall–Kier alpha value is -2.41. The smallest absolute Gasteiger partial charge is 0.226 e. The fourth-order valence-corrected chi connectivity index (χ4v) is 2.71. The lowest BCUT2D eigenvalue weighted by molar-refractivity contribution is -0.121. The molecular formula is C17H22N4O3. The molecule has 1 aliphatic rings. The van der Waals surface area contributed by atoms with E-state index in [1.807, 2.05) is 24.3 Å². The summed E-state index contributed by atoms with van der Waals surface area (Å²) >= 11 is 0. The normalized spacial score (nSPS) is 17.0. The summed E-state index contributed by atoms with van der Waals surface area (Å²) in [7, 11) is 1.62. The van der Waals surface area contributed by atoms with Crippen molar-refractivity contribution < 1.29 is 14.1 Å². The quantitative estimate of drug-likeness (QED) is 0.800. The molecule has 1 saturated heterocycles. The van der Waals surface area contributed by atoms with Crippen molar-refractivity contribution in [2.45, 2.75) is 31.7 Å². The van der Waals surface area contributed by atoms with E-state index in [0.717, 1.165) is 30.8 Å². The molecule has 1 aromatic heterocycles. The Bertz CT molecular complexity index is 680. The van der Waals surface area contributed by atoms with Gasteiger partial charge in [-0.25, -0.2) is 0 Å². The van der Waals surface area contributed by atoms with Gasteiger partial charge in [0.05, 0.1) is 7.11 Å². The Balaban J connectivity index is 1.48. The molecule has 0 bridgehead atoms. The zero-order chi connectivity index (χ0) is 16.8. The maximum atomic E-state index is 11.9. The third-order valence-electron chi connectivity index (χ3n) is 4.02. The van der Waals surface area contributed by atoms with Crippen LogP contribution in [0.5, 0.6) is 5.75 Å². The van der Waals surface area contributed by atoms with Crippen LogP contribution in [0.15, 0.2) is 28.8 Å². The average molecular weight is 330 g/mol. The van der Waals surface area contributed by atoms with Crippen LogP contribution >= 0.6 is 0 Å². The van der Waals surface area contributed by atoms with Gasteiger partial charge in [-0.1, -0.05) is 17.3 Å². The summed E-state index contributed by atoms with van der Waals surface area (Å²) in [6.07, 6.45) is 2.74. The van der Waals surface area contributed by atoms with Gasteiger partial charge in [-0.15, -0.1) is 0 Å². The molecule has 0 aliphatic carbocycles. The molecule has 128 valence electrons. The van der Waals surface area contributed by atoms with Gasteiger partial charge in [0, 0.05) is 31.0 Å². The molecule has 7 heteroatoms. The van der Waals surface area contributed by atoms with Gasteiger partial charge in [-0.05, 0) is 31.5 Å². The molecule has 0 saturated carbocycles. The number of hydrogen-bond donors (Lipinski definition) is 2. The maximum Gasteiger partial charge on any atom is 0.226 e. The first-order valence-electron chi connectivity index (χ1n) is 8.21. The first-order chi connectivity index (χ1) is 11.7. The minimum absolute atomic E-state index is 0.0798. The first-order valence-corrected chi connectivity index (χ1v) is 8.21. The Morgan fingerprint density at radius 3 is 3.21 bits per heavy atom. The van der Waals surface area contributed by atoms with Crippen molar-refractivity contribution in [1.82, 2.24) is 20.8 Å². The number of ether oxygens (including phenoxy) is 1. The van der Waals surface area contributed by atoms with E-state index in [4.69, 9.17) is 9.26 Å². The topological polar surface area (TPSA) is 89.3 Å². The van der Waals surface area contributed by atoms with Crippen molar-refractivity contribution in [2.75, 3.05) is 20.2 Å². The van der Waals surface area contributed by atoms with E-state index in [1.165, 1.54) is 0 Å². The lowest BCUT2D eigenvalue weighted by Crippen LogP contribution is -2.36. The van der Waals surface area contributed by atoms with E-state index in [0.29, 0.717) is 31.0 Å². The number of aromatic nitrogens is 2. The third-order valence-corrected chi connectivity index (χ3v) is 4.02. The molecule has 1 atom stereocenters. The number of hydrogen-bond acceptors (Lipinski definition) is 6. The number of rotatable bonds is 7. The number of nitrogens with zero attached hydrogens (tertiary/aromatic N) is 2. The number of carbonyl (C=O) groups excluding carboxylic acids is 1. The molecule has 0 radical (unpaired) electrons. The minimum atomic E-state index is 0.0798. The lowest BCUT2D eigenvalue weighted by atomic mass is 10.2. The van der Waals surface area contributed by atoms with Crippen molar-refractivity contribution in [2.24, 2.45) is 0 Å². The van der Waals surface area contributed by atoms with Crippen LogP contribution in [0.25, 0.3) is 11.4 Å². The van der Waals surface area contributed by atoms with Crippen molar-refractivity contribution >= 4 is 5.91 Å². The van der Waals surface area contributed by atoms with Gasteiger partial charge in [-0.2, -0.15) is 4.98 Å². The van der Waals surface area contributed by atoms with E-state index < -0.39 is 0 Å². The SMILES string of the molecule is COc1cccc(-c2noc(CCCC(=O)N[C@H]3CCNC3)n2)c1. The van der Waals surface area contributed by atoms with Crippen molar-refractivity contribution in [1.29, 1.82) is 0 Å². The van der Waals surface area contributed by atoms with E-state index in [9.17, 15) is 4.79 Å². The van der Waals surface area contributed by atoms with Crippen LogP contribution in [0.4, 0.5) is 0 Å². The Labute approximate surface area is 140 Å². The predicted molar refractivity (Wildman–Crippen MR) is 88.6 cm³/mol. The van der Waals surface area contributed by atoms with Crippen LogP contribution in [-0.2, 0) is 11.2 Å². The molecule has 2 N–H and O–H groups in total. The van der Waals surface area contributed by atoms with Crippen LogP contribution < -0.4 is 15.4 Å². The second kappa shape index (κ2) is 7.92. The summed E-state index contributed by atoms with van der Waals surface area (Å²) < 4.78 is 10.5. The fourth-order valence-electron chi connectivity index (χ4n) is 2.71. The van der Waals surface area contributed by atoms with Crippen LogP contribution in [0, 0.1) is 0 Å². The monoisotopic (exact) mass is 330 g/mol. The summed E-state index contributed by atoms with van der Waals surface area (Å²) in [4.78, 5) is 16.2. The van der Waals surface area contributed by atoms with Crippen LogP contribution in [0.2, 0.25) is 0 Å². The second-order valence-electron chi connectivity index (χ2n) is 5.85. The summed E-state index contributed by atoms with van der Waals surface area (Å²) in [5.41, 5.74) is 0.843. The predicted octanol–water partition coefficient (Wildman–Crippen LogP) is 1.55. The molecule has 1 aromatic carbocycles. The molecule has 0 spiro atoms. The zero-order valence-electron chi connectivity index (χ0n) is 13.7. The molecule has 7 nitrogen and oxygen atoms in total. The lowest BCUT2D eigenvalue weighted by Gasteiger charge is -2.10. The van der Waals surface area contributed by atoms with Gasteiger partial charge in [-0.3, -0.25) is 4.79 Å². The van der Waals surface area contributed by atoms with Gasteiger partial charge in [0.2, 0.25) is 17.6 Å². The van der Waals surface area contributed by atoms with Crippen LogP contribution in [-0.4, -0.2) is 42.3 Å². The van der Waals surface area contributed by atoms with Crippen LogP contribution in [0.3, 0.4) is 0 Å². The highest BCUT2D eigenvalue weighted by Crippen LogP contribution is 2.21. The zero-order valence-corrected chi connectivity index (χ0v) is 13.7. The number of aryl methyl sites for hydroxylation is 1. The first kappa shape index (κ1) is 16.4. The van der Waals surface area contributed by atoms with E-state index in [1.54, 1.807) is 7.11 Å². The third kappa shape index (κ3) is 4.32. The van der Waals surface area contributed by atoms with Gasteiger partial charge in [0.1, 0.15) is 5.75 Å². The Morgan fingerprint density at radius 1 is 1.50 bits per heavy atom. The number of amides is 1. The van der Waals surface area contributed by atoms with Gasteiger partial charge in [0.25, 0.3) is 0 Å². The Kier molecular flexibility index (Phi) is 5.43. The van der Waals surface area contributed by atoms with E-state index in [-0.39, 0.29) is 11.9 Å². The van der Waals surface area contributed by atoms with E-state index >= 15 is 0 Å². The standard InChI is InChI=1S/C17H22N4O3/c1-23-14-5-2-4-12(10-14)17-20-16(24-21-17)7-3-6-15(22)19-13-8-9-18-11-13/h2,4-5,10,13,18H,3,6-9,11H2,1H3,(H,19,22)/t13-/m0/s1. The number of benzene rings is 1. The molecule has 1 amide bonds. The molecule has 1 aliphatic heterocycles. The maximum absolute atomic E-state index is 11.9. The number of carbonyl (C=O) groups is 1. The molecule has 2 heterocycles. The molecule has 0 unspecified atom stereocenters. The summed E-state index contributed by atoms with van der Waals surface area (Å²) in [5, 5.41) is 10.2. The summed E-state index contributed by atoms with van der Waals surface area (Å²) in [6, 6.07) is 7.77. The second-order valence-corrected chi connectivity index (χ2v) is 5.85. The van der Waals surface area contributed by atoms with Gasteiger partial charge < -0.3 is 19.9 Å². The highest BCUT2D eigenvalue weighted by molar-refractivity contribution is 5.76. The van der Waals surface area contributed by atoms with Gasteiger partial charge >= 0.3 is 0 Å². The number of nitrogens with one attached hydrogen (secondary N) is 2. The largest absolute Gasteiger partial charge is 0.497 e. The fraction of sp³-hybridized carbons (Fsp3) is 0.471. The minimum Gasteiger partial charge on any atom is -0.497 e. The molecular weight excluding hydrogens is 308 g/mol. The number of methoxy groups -OCH3 is 1. The van der Waals surface area contributed by atoms with Crippen molar-refractivity contribution in [3.05, 3.63) is 30.2 Å². The van der Waals surface area contributed by atoms with Crippen molar-refractivity contribution in [3.63, 3.8) is 0 Å². The average Bonchev–Trinajstić information content (AvgIpc) is 3.27. The highest BCUT2D eigenvalue weighted by Gasteiger charge is 2.16. The van der Waals surface area contributed by atoms with Crippen molar-refractivity contribution in [3.8, 4) is 17.1 Å². The summed E-state index contributed by atoms with van der Waals surface area (Å²) in [5.74, 6) is 1.90. The summed E-state index contributed by atoms with van der Waals surface area (Å²) in [6.45, 7) is 1.83. The van der Waals surface area contributed by atoms with Gasteiger partial charge in [0.15, 0.2) is 0 Å². The van der Waals surface area contributed by atoms with Crippen LogP contribution in [0.1, 0.15) is 25.2 Å². The molecule has 3 rings (SSSR count). The highest BCUT2D eigenvalue weighted by atomic mass is 16.5. The molecule has 1 fully saturated rings. The molecule has 2 aromatic rings. The Morgan fingerprint density at radius 2 is 2.42 bits per heavy atom. The van der Waals surface area contributed by atoms with E-state index in [2.05, 4.69) is 20.8 Å².